The molecule has 0 aliphatic rings. The van der Waals surface area contributed by atoms with Crippen molar-refractivity contribution in [3.8, 4) is 11.5 Å². The van der Waals surface area contributed by atoms with Gasteiger partial charge in [0.1, 0.15) is 0 Å². The molecule has 0 radical (unpaired) electrons. The fraction of sp³-hybridized carbons (Fsp3) is 0.600. The van der Waals surface area contributed by atoms with Crippen LogP contribution in [0.5, 0.6) is 11.5 Å². The van der Waals surface area contributed by atoms with Crippen LogP contribution in [0.1, 0.15) is 71.8 Å². The molecule has 0 aliphatic carbocycles. The third kappa shape index (κ3) is 11.8. The summed E-state index contributed by atoms with van der Waals surface area (Å²) < 4.78 is 28.9. The molecule has 9 heteroatoms. The molecule has 192 valence electrons. The number of carbonyl (C=O) groups excluding carboxylic acids is 1. The van der Waals surface area contributed by atoms with Crippen molar-refractivity contribution in [1.29, 1.82) is 0 Å². The van der Waals surface area contributed by atoms with Crippen LogP contribution in [0.3, 0.4) is 0 Å². The third-order valence-electron chi connectivity index (χ3n) is 4.82. The van der Waals surface area contributed by atoms with Crippen molar-refractivity contribution in [2.75, 3.05) is 26.4 Å². The maximum absolute atomic E-state index is 12.5. The Bertz CT molecular complexity index is 748. The molecule has 0 bridgehead atoms. The third-order valence-corrected chi connectivity index (χ3v) is 7.97. The van der Waals surface area contributed by atoms with E-state index in [-0.39, 0.29) is 12.4 Å². The van der Waals surface area contributed by atoms with Crippen molar-refractivity contribution in [3.63, 3.8) is 0 Å². The molecule has 0 saturated heterocycles. The highest BCUT2D eigenvalue weighted by atomic mass is 28.4. The average molecular weight is 497 g/mol. The Morgan fingerprint density at radius 1 is 0.912 bits per heavy atom. The van der Waals surface area contributed by atoms with Crippen LogP contribution in [-0.2, 0) is 22.9 Å². The summed E-state index contributed by atoms with van der Waals surface area (Å²) in [6.07, 6.45) is 6.92. The van der Waals surface area contributed by atoms with E-state index in [9.17, 15) is 9.59 Å². The molecular formula is C25H40O8Si. The molecule has 0 saturated carbocycles. The molecule has 0 unspecified atom stereocenters. The van der Waals surface area contributed by atoms with Gasteiger partial charge in [-0.15, -0.1) is 0 Å². The number of aliphatic carboxylic acids is 1. The number of benzene rings is 1. The zero-order valence-electron chi connectivity index (χ0n) is 21.0. The van der Waals surface area contributed by atoms with Crippen LogP contribution < -0.4 is 9.47 Å². The lowest BCUT2D eigenvalue weighted by Crippen LogP contribution is -2.45. The molecule has 0 aliphatic heterocycles. The number of hydrogen-bond donors (Lipinski definition) is 1. The zero-order valence-corrected chi connectivity index (χ0v) is 22.0. The van der Waals surface area contributed by atoms with Crippen LogP contribution in [0.2, 0.25) is 6.04 Å². The van der Waals surface area contributed by atoms with Gasteiger partial charge in [0.25, 0.3) is 0 Å². The standard InChI is InChI=1S/C25H40O8Si/c1-5-9-18-29-22-16-14-21(15-17-24(26)27)20-23(22)33-25(28)13-11-10-12-19-34(30-6-2,31-7-3)32-8-4/h14-17,20H,5-13,18-19H2,1-4H3,(H,26,27)/b17-15+. The summed E-state index contributed by atoms with van der Waals surface area (Å²) in [5.74, 6) is -0.645. The van der Waals surface area contributed by atoms with Gasteiger partial charge in [0.15, 0.2) is 11.5 Å². The lowest BCUT2D eigenvalue weighted by atomic mass is 10.2. The Hall–Kier alpha value is -2.20. The molecule has 8 nitrogen and oxygen atoms in total. The molecule has 1 aromatic carbocycles. The summed E-state index contributed by atoms with van der Waals surface area (Å²) in [6, 6.07) is 5.75. The molecule has 0 heterocycles. The van der Waals surface area contributed by atoms with Crippen LogP contribution in [0.25, 0.3) is 6.08 Å². The quantitative estimate of drug-likeness (QED) is 0.0884. The number of unbranched alkanes of at least 4 members (excludes halogenated alkanes) is 3. The summed E-state index contributed by atoms with van der Waals surface area (Å²) >= 11 is 0. The van der Waals surface area contributed by atoms with Crippen molar-refractivity contribution in [3.05, 3.63) is 29.8 Å². The van der Waals surface area contributed by atoms with Crippen LogP contribution in [0, 0.1) is 0 Å². The minimum absolute atomic E-state index is 0.260. The van der Waals surface area contributed by atoms with Gasteiger partial charge in [0.2, 0.25) is 0 Å². The number of carboxylic acid groups (broad SMARTS) is 1. The van der Waals surface area contributed by atoms with E-state index in [1.807, 2.05) is 20.8 Å². The van der Waals surface area contributed by atoms with E-state index in [0.29, 0.717) is 56.0 Å². The molecule has 1 aromatic rings. The van der Waals surface area contributed by atoms with Gasteiger partial charge in [-0.1, -0.05) is 25.8 Å². The van der Waals surface area contributed by atoms with Crippen LogP contribution in [-0.4, -0.2) is 52.3 Å². The highest BCUT2D eigenvalue weighted by Crippen LogP contribution is 2.30. The van der Waals surface area contributed by atoms with E-state index >= 15 is 0 Å². The summed E-state index contributed by atoms with van der Waals surface area (Å²) in [4.78, 5) is 23.3. The smallest absolute Gasteiger partial charge is 0.490 e. The number of rotatable bonds is 19. The van der Waals surface area contributed by atoms with Crippen molar-refractivity contribution in [1.82, 2.24) is 0 Å². The van der Waals surface area contributed by atoms with Crippen LogP contribution >= 0.6 is 0 Å². The molecule has 0 atom stereocenters. The Kier molecular flexibility index (Phi) is 15.1. The Morgan fingerprint density at radius 2 is 1.59 bits per heavy atom. The van der Waals surface area contributed by atoms with Crippen LogP contribution in [0.15, 0.2) is 24.3 Å². The van der Waals surface area contributed by atoms with Gasteiger partial charge < -0.3 is 27.9 Å². The fourth-order valence-electron chi connectivity index (χ4n) is 3.28. The highest BCUT2D eigenvalue weighted by Gasteiger charge is 2.39. The first-order valence-corrected chi connectivity index (χ1v) is 14.1. The summed E-state index contributed by atoms with van der Waals surface area (Å²) in [7, 11) is -2.66. The monoisotopic (exact) mass is 496 g/mol. The van der Waals surface area contributed by atoms with E-state index in [1.165, 1.54) is 6.08 Å². The number of esters is 1. The fourth-order valence-corrected chi connectivity index (χ4v) is 5.97. The zero-order chi connectivity index (χ0) is 25.2. The van der Waals surface area contributed by atoms with Gasteiger partial charge in [-0.05, 0) is 63.8 Å². The Balaban J connectivity index is 2.66. The summed E-state index contributed by atoms with van der Waals surface area (Å²) in [5, 5.41) is 8.85. The van der Waals surface area contributed by atoms with Crippen molar-refractivity contribution >= 4 is 26.8 Å². The molecule has 0 aromatic heterocycles. The largest absolute Gasteiger partial charge is 0.500 e. The van der Waals surface area contributed by atoms with Gasteiger partial charge in [0, 0.05) is 38.4 Å². The van der Waals surface area contributed by atoms with E-state index in [1.54, 1.807) is 18.2 Å². The average Bonchev–Trinajstić information content (AvgIpc) is 2.79. The van der Waals surface area contributed by atoms with Gasteiger partial charge >= 0.3 is 20.7 Å². The number of hydrogen-bond acceptors (Lipinski definition) is 7. The van der Waals surface area contributed by atoms with Gasteiger partial charge in [-0.2, -0.15) is 0 Å². The molecule has 1 N–H and O–H groups in total. The maximum atomic E-state index is 12.5. The Labute approximate surface area is 204 Å². The van der Waals surface area contributed by atoms with E-state index in [4.69, 9.17) is 27.9 Å². The first-order chi connectivity index (χ1) is 16.4. The lowest BCUT2D eigenvalue weighted by molar-refractivity contribution is -0.134. The SMILES string of the molecule is CCCCOc1ccc(/C=C/C(=O)O)cc1OC(=O)CCCCC[Si](OCC)(OCC)OCC. The number of ether oxygens (including phenoxy) is 2. The van der Waals surface area contributed by atoms with Gasteiger partial charge in [-0.3, -0.25) is 4.79 Å². The predicted octanol–water partition coefficient (Wildman–Crippen LogP) is 5.48. The van der Waals surface area contributed by atoms with Gasteiger partial charge in [-0.25, -0.2) is 4.79 Å². The van der Waals surface area contributed by atoms with Crippen molar-refractivity contribution in [2.45, 2.75) is 72.3 Å². The first kappa shape index (κ1) is 29.8. The molecular weight excluding hydrogens is 456 g/mol. The van der Waals surface area contributed by atoms with E-state index in [0.717, 1.165) is 31.8 Å². The summed E-state index contributed by atoms with van der Waals surface area (Å²) in [6.45, 7) is 10.0. The molecule has 0 spiro atoms. The second kappa shape index (κ2) is 17.3. The highest BCUT2D eigenvalue weighted by molar-refractivity contribution is 6.60. The van der Waals surface area contributed by atoms with E-state index in [2.05, 4.69) is 6.92 Å². The number of carbonyl (C=O) groups is 2. The number of carboxylic acids is 1. The molecule has 1 rings (SSSR count). The van der Waals surface area contributed by atoms with E-state index < -0.39 is 14.8 Å². The minimum Gasteiger partial charge on any atom is -0.490 e. The maximum Gasteiger partial charge on any atom is 0.500 e. The second-order valence-electron chi connectivity index (χ2n) is 7.60. The molecule has 0 fully saturated rings. The predicted molar refractivity (Wildman–Crippen MR) is 133 cm³/mol. The topological polar surface area (TPSA) is 101 Å². The van der Waals surface area contributed by atoms with Crippen LogP contribution in [0.4, 0.5) is 0 Å². The molecule has 0 amide bonds. The molecule has 34 heavy (non-hydrogen) atoms. The first-order valence-electron chi connectivity index (χ1n) is 12.2. The van der Waals surface area contributed by atoms with Gasteiger partial charge in [0.05, 0.1) is 6.61 Å². The lowest BCUT2D eigenvalue weighted by Gasteiger charge is -2.28. The second-order valence-corrected chi connectivity index (χ2v) is 10.3. The van der Waals surface area contributed by atoms with Crippen molar-refractivity contribution in [2.24, 2.45) is 0 Å². The minimum atomic E-state index is -2.66. The van der Waals surface area contributed by atoms with Crippen molar-refractivity contribution < 1.29 is 37.4 Å². The normalized spacial score (nSPS) is 11.6. The summed E-state index contributed by atoms with van der Waals surface area (Å²) in [5.41, 5.74) is 0.608. The Morgan fingerprint density at radius 3 is 2.18 bits per heavy atom.